The van der Waals surface area contributed by atoms with E-state index in [9.17, 15) is 0 Å². The predicted molar refractivity (Wildman–Crippen MR) is 194 cm³/mol. The lowest BCUT2D eigenvalue weighted by Gasteiger charge is -2.13. The van der Waals surface area contributed by atoms with Gasteiger partial charge in [-0.2, -0.15) is 0 Å². The molecule has 1 aromatic heterocycles. The number of halogens is 1. The van der Waals surface area contributed by atoms with Gasteiger partial charge in [-0.1, -0.05) is 162 Å². The molecule has 0 saturated heterocycles. The van der Waals surface area contributed by atoms with Crippen molar-refractivity contribution in [1.82, 2.24) is 4.57 Å². The molecule has 1 aliphatic rings. The summed E-state index contributed by atoms with van der Waals surface area (Å²) in [6.45, 7) is 0. The molecule has 8 aromatic rings. The van der Waals surface area contributed by atoms with Crippen LogP contribution in [0.3, 0.4) is 0 Å². The second-order valence-corrected chi connectivity index (χ2v) is 12.3. The van der Waals surface area contributed by atoms with Crippen molar-refractivity contribution in [3.05, 3.63) is 185 Å². The third-order valence-corrected chi connectivity index (χ3v) is 9.46. The molecule has 0 spiro atoms. The highest BCUT2D eigenvalue weighted by Gasteiger charge is 2.21. The van der Waals surface area contributed by atoms with Gasteiger partial charge in [0.2, 0.25) is 0 Å². The van der Waals surface area contributed by atoms with Crippen molar-refractivity contribution >= 4 is 37.7 Å². The molecule has 214 valence electrons. The molecule has 0 aliphatic heterocycles. The van der Waals surface area contributed by atoms with E-state index in [0.717, 1.165) is 10.9 Å². The van der Waals surface area contributed by atoms with Gasteiger partial charge < -0.3 is 4.57 Å². The summed E-state index contributed by atoms with van der Waals surface area (Å²) < 4.78 is 3.48. The second kappa shape index (κ2) is 11.7. The maximum atomic E-state index is 3.80. The molecule has 1 aliphatic carbocycles. The van der Waals surface area contributed by atoms with E-state index < -0.39 is 0 Å². The maximum Gasteiger partial charge on any atom is 0.0630 e. The van der Waals surface area contributed by atoms with Gasteiger partial charge in [-0.3, -0.25) is 0 Å². The smallest absolute Gasteiger partial charge is 0.0630 e. The van der Waals surface area contributed by atoms with Crippen molar-refractivity contribution < 1.29 is 0 Å². The average Bonchev–Trinajstić information content (AvgIpc) is 3.66. The molecule has 0 unspecified atom stereocenters. The largest absolute Gasteiger partial charge is 0.309 e. The quantitative estimate of drug-likeness (QED) is 0.181. The number of nitrogens with zero attached hydrogens (tertiary/aromatic N) is 1. The number of rotatable bonds is 3. The number of hydrogen-bond donors (Lipinski definition) is 0. The van der Waals surface area contributed by atoms with E-state index in [0.29, 0.717) is 0 Å². The summed E-state index contributed by atoms with van der Waals surface area (Å²) in [6.07, 6.45) is 1.05. The predicted octanol–water partition coefficient (Wildman–Crippen LogP) is 12.1. The highest BCUT2D eigenvalue weighted by atomic mass is 79.9. The van der Waals surface area contributed by atoms with E-state index in [4.69, 9.17) is 0 Å². The van der Waals surface area contributed by atoms with E-state index in [2.05, 4.69) is 190 Å². The summed E-state index contributed by atoms with van der Waals surface area (Å²) in [6, 6.07) is 60.2. The Morgan fingerprint density at radius 3 is 1.82 bits per heavy atom. The molecule has 0 radical (unpaired) electrons. The van der Waals surface area contributed by atoms with Gasteiger partial charge >= 0.3 is 0 Å². The zero-order valence-electron chi connectivity index (χ0n) is 24.7. The van der Waals surface area contributed by atoms with E-state index in [1.54, 1.807) is 0 Å². The third kappa shape index (κ3) is 4.88. The van der Waals surface area contributed by atoms with Crippen LogP contribution in [0.2, 0.25) is 0 Å². The molecular formula is C43H30BrN. The van der Waals surface area contributed by atoms with Crippen molar-refractivity contribution in [2.24, 2.45) is 0 Å². The normalized spacial score (nSPS) is 11.6. The Labute approximate surface area is 272 Å². The molecule has 0 bridgehead atoms. The van der Waals surface area contributed by atoms with Gasteiger partial charge in [0.1, 0.15) is 0 Å². The summed E-state index contributed by atoms with van der Waals surface area (Å²) in [5, 5.41) is 2.54. The summed E-state index contributed by atoms with van der Waals surface area (Å²) in [5.74, 6) is 0. The van der Waals surface area contributed by atoms with Crippen molar-refractivity contribution in [3.63, 3.8) is 0 Å². The molecule has 45 heavy (non-hydrogen) atoms. The average molecular weight is 641 g/mol. The van der Waals surface area contributed by atoms with Crippen LogP contribution in [0.25, 0.3) is 60.9 Å². The number of benzene rings is 7. The Morgan fingerprint density at radius 1 is 0.444 bits per heavy atom. The van der Waals surface area contributed by atoms with E-state index in [1.807, 2.05) is 0 Å². The monoisotopic (exact) mass is 639 g/mol. The Kier molecular flexibility index (Phi) is 7.13. The second-order valence-electron chi connectivity index (χ2n) is 11.4. The van der Waals surface area contributed by atoms with Crippen LogP contribution in [-0.2, 0) is 6.42 Å². The van der Waals surface area contributed by atoms with E-state index >= 15 is 0 Å². The van der Waals surface area contributed by atoms with Gasteiger partial charge in [0.15, 0.2) is 0 Å². The molecule has 7 aromatic carbocycles. The van der Waals surface area contributed by atoms with Crippen LogP contribution in [0.1, 0.15) is 11.1 Å². The minimum absolute atomic E-state index is 1.05. The van der Waals surface area contributed by atoms with Crippen LogP contribution in [-0.4, -0.2) is 4.57 Å². The topological polar surface area (TPSA) is 4.93 Å². The highest BCUT2D eigenvalue weighted by molar-refractivity contribution is 9.10. The van der Waals surface area contributed by atoms with Gasteiger partial charge in [0.25, 0.3) is 0 Å². The Hall–Kier alpha value is -5.18. The highest BCUT2D eigenvalue weighted by Crippen LogP contribution is 2.42. The van der Waals surface area contributed by atoms with Gasteiger partial charge in [-0.15, -0.1) is 0 Å². The summed E-state index contributed by atoms with van der Waals surface area (Å²) in [7, 11) is 0. The number of hydrogen-bond acceptors (Lipinski definition) is 0. The van der Waals surface area contributed by atoms with Crippen LogP contribution < -0.4 is 0 Å². The molecule has 2 heteroatoms. The zero-order chi connectivity index (χ0) is 30.2. The molecule has 0 N–H and O–H groups in total. The van der Waals surface area contributed by atoms with Crippen LogP contribution in [0.5, 0.6) is 0 Å². The summed E-state index contributed by atoms with van der Waals surface area (Å²) in [4.78, 5) is 0. The minimum Gasteiger partial charge on any atom is -0.309 e. The number of aromatic nitrogens is 1. The van der Waals surface area contributed by atoms with Crippen molar-refractivity contribution in [1.29, 1.82) is 0 Å². The van der Waals surface area contributed by atoms with Gasteiger partial charge in [-0.25, -0.2) is 0 Å². The lowest BCUT2D eigenvalue weighted by atomic mass is 9.96. The fourth-order valence-electron chi connectivity index (χ4n) is 6.80. The first-order chi connectivity index (χ1) is 22.3. The van der Waals surface area contributed by atoms with Crippen LogP contribution in [0, 0.1) is 0 Å². The van der Waals surface area contributed by atoms with E-state index in [1.165, 1.54) is 72.0 Å². The van der Waals surface area contributed by atoms with Crippen LogP contribution in [0.4, 0.5) is 0 Å². The molecule has 0 atom stereocenters. The summed E-state index contributed by atoms with van der Waals surface area (Å²) in [5.41, 5.74) is 14.5. The zero-order valence-corrected chi connectivity index (χ0v) is 26.3. The third-order valence-electron chi connectivity index (χ3n) is 8.80. The van der Waals surface area contributed by atoms with Gasteiger partial charge in [0.05, 0.1) is 11.0 Å². The fraction of sp³-hybridized carbons (Fsp3) is 0.0233. The maximum absolute atomic E-state index is 3.80. The van der Waals surface area contributed by atoms with Gasteiger partial charge in [0, 0.05) is 26.5 Å². The SMILES string of the molecule is Brc1ccc2c3ccccc3n(-c3ccccc3)c2c1-c1ccccc1.c1ccc(-c2cccc3c2Cc2ccccc2-3)cc1. The van der Waals surface area contributed by atoms with Crippen molar-refractivity contribution in [2.45, 2.75) is 6.42 Å². The lowest BCUT2D eigenvalue weighted by molar-refractivity contribution is 1.18. The molecule has 1 heterocycles. The molecule has 0 amide bonds. The van der Waals surface area contributed by atoms with Crippen LogP contribution in [0.15, 0.2) is 174 Å². The first-order valence-electron chi connectivity index (χ1n) is 15.4. The molecule has 1 nitrogen and oxygen atoms in total. The molecule has 0 fully saturated rings. The Balaban J connectivity index is 0.000000140. The summed E-state index contributed by atoms with van der Waals surface area (Å²) >= 11 is 3.80. The van der Waals surface area contributed by atoms with E-state index in [-0.39, 0.29) is 0 Å². The lowest BCUT2D eigenvalue weighted by Crippen LogP contribution is -1.95. The van der Waals surface area contributed by atoms with Crippen LogP contribution >= 0.6 is 15.9 Å². The molecular weight excluding hydrogens is 610 g/mol. The Morgan fingerprint density at radius 2 is 1.04 bits per heavy atom. The fourth-order valence-corrected chi connectivity index (χ4v) is 7.35. The Bertz CT molecular complexity index is 2280. The number of para-hydroxylation sites is 2. The molecule has 9 rings (SSSR count). The van der Waals surface area contributed by atoms with Gasteiger partial charge in [-0.05, 0) is 69.6 Å². The van der Waals surface area contributed by atoms with Crippen molar-refractivity contribution in [2.75, 3.05) is 0 Å². The minimum atomic E-state index is 1.05. The van der Waals surface area contributed by atoms with Crippen molar-refractivity contribution in [3.8, 4) is 39.1 Å². The standard InChI is InChI=1S/C24H16BrN.C19H14/c25-21-16-15-20-19-13-7-8-14-22(19)26(18-11-5-2-6-12-18)24(20)23(21)17-9-3-1-4-10-17;1-2-7-14(8-3-1)16-11-6-12-18-17-10-5-4-9-15(17)13-19(16)18/h1-16H;1-12H,13H2. The number of fused-ring (bicyclic) bond motifs is 6. The molecule has 0 saturated carbocycles. The first-order valence-corrected chi connectivity index (χ1v) is 16.2. The first kappa shape index (κ1) is 27.4.